The van der Waals surface area contributed by atoms with Gasteiger partial charge in [0, 0.05) is 39.6 Å². The lowest BCUT2D eigenvalue weighted by Gasteiger charge is -2.38. The van der Waals surface area contributed by atoms with E-state index in [1.165, 1.54) is 7.05 Å². The highest BCUT2D eigenvalue weighted by molar-refractivity contribution is 5.94. The van der Waals surface area contributed by atoms with Gasteiger partial charge in [0.05, 0.1) is 0 Å². The van der Waals surface area contributed by atoms with Crippen LogP contribution in [0.4, 0.5) is 9.59 Å². The van der Waals surface area contributed by atoms with Gasteiger partial charge >= 0.3 is 12.1 Å². The molecule has 8 heteroatoms. The average molecular weight is 342 g/mol. The molecule has 1 fully saturated rings. The zero-order chi connectivity index (χ0) is 18.3. The highest BCUT2D eigenvalue weighted by Gasteiger charge is 2.29. The Bertz CT molecular complexity index is 461. The second kappa shape index (κ2) is 8.86. The first-order valence-electron chi connectivity index (χ1n) is 8.32. The minimum atomic E-state index is -0.516. The van der Waals surface area contributed by atoms with E-state index in [4.69, 9.17) is 4.74 Å². The predicted molar refractivity (Wildman–Crippen MR) is 90.7 cm³/mol. The van der Waals surface area contributed by atoms with Crippen molar-refractivity contribution in [1.82, 2.24) is 20.4 Å². The number of nitrogens with zero attached hydrogens (tertiary/aromatic N) is 2. The fourth-order valence-corrected chi connectivity index (χ4v) is 2.54. The van der Waals surface area contributed by atoms with Crippen LogP contribution in [0.5, 0.6) is 0 Å². The number of hydrogen-bond acceptors (Lipinski definition) is 5. The molecule has 0 saturated carbocycles. The number of likely N-dealkylation sites (tertiary alicyclic amines) is 1. The van der Waals surface area contributed by atoms with Crippen LogP contribution in [0.25, 0.3) is 0 Å². The second-order valence-corrected chi connectivity index (χ2v) is 7.07. The molecule has 0 bridgehead atoms. The van der Waals surface area contributed by atoms with Gasteiger partial charge in [0.2, 0.25) is 5.91 Å². The molecule has 1 atom stereocenters. The van der Waals surface area contributed by atoms with Crippen molar-refractivity contribution in [3.63, 3.8) is 0 Å². The summed E-state index contributed by atoms with van der Waals surface area (Å²) in [6.07, 6.45) is 1.79. The molecule has 0 spiro atoms. The molecule has 1 aliphatic rings. The van der Waals surface area contributed by atoms with Gasteiger partial charge < -0.3 is 19.9 Å². The number of rotatable bonds is 4. The Labute approximate surface area is 143 Å². The number of carbonyl (C=O) groups is 3. The van der Waals surface area contributed by atoms with Crippen LogP contribution in [-0.4, -0.2) is 73.2 Å². The van der Waals surface area contributed by atoms with E-state index >= 15 is 0 Å². The van der Waals surface area contributed by atoms with Gasteiger partial charge in [-0.2, -0.15) is 0 Å². The molecule has 0 unspecified atom stereocenters. The van der Waals surface area contributed by atoms with Crippen LogP contribution in [0.1, 0.15) is 40.0 Å². The Morgan fingerprint density at radius 2 is 1.96 bits per heavy atom. The number of piperidine rings is 1. The van der Waals surface area contributed by atoms with Gasteiger partial charge in [-0.05, 0) is 40.2 Å². The number of carbonyl (C=O) groups excluding carboxylic acids is 3. The van der Waals surface area contributed by atoms with Crippen LogP contribution < -0.4 is 10.6 Å². The summed E-state index contributed by atoms with van der Waals surface area (Å²) in [5.41, 5.74) is -0.516. The molecular formula is C16H30N4O4. The average Bonchev–Trinajstić information content (AvgIpc) is 2.50. The van der Waals surface area contributed by atoms with Crippen molar-refractivity contribution in [2.45, 2.75) is 51.7 Å². The monoisotopic (exact) mass is 342 g/mol. The van der Waals surface area contributed by atoms with Crippen LogP contribution in [-0.2, 0) is 9.53 Å². The van der Waals surface area contributed by atoms with Gasteiger partial charge in [0.15, 0.2) is 0 Å². The molecule has 2 N–H and O–H groups in total. The van der Waals surface area contributed by atoms with Crippen molar-refractivity contribution >= 4 is 18.0 Å². The highest BCUT2D eigenvalue weighted by atomic mass is 16.6. The van der Waals surface area contributed by atoms with Crippen LogP contribution in [0.2, 0.25) is 0 Å². The van der Waals surface area contributed by atoms with Gasteiger partial charge in [-0.1, -0.05) is 0 Å². The van der Waals surface area contributed by atoms with E-state index in [0.717, 1.165) is 19.4 Å². The standard InChI is InChI=1S/C16H30N4O4/c1-16(2,3)24-15(23)19(5)12-7-6-9-20(11-12)10-8-13(21)18-14(22)17-4/h12H,6-11H2,1-5H3,(H2,17,18,21,22)/t12-/m0/s1. The molecule has 1 saturated heterocycles. The van der Waals surface area contributed by atoms with Crippen molar-refractivity contribution in [2.75, 3.05) is 33.7 Å². The summed E-state index contributed by atoms with van der Waals surface area (Å²) < 4.78 is 5.40. The largest absolute Gasteiger partial charge is 0.444 e. The summed E-state index contributed by atoms with van der Waals surface area (Å²) in [7, 11) is 3.21. The number of urea groups is 1. The minimum absolute atomic E-state index is 0.0654. The van der Waals surface area contributed by atoms with E-state index < -0.39 is 11.6 Å². The summed E-state index contributed by atoms with van der Waals surface area (Å²) in [5.74, 6) is -0.308. The molecule has 1 rings (SSSR count). The maximum Gasteiger partial charge on any atom is 0.410 e. The van der Waals surface area contributed by atoms with Crippen LogP contribution in [0, 0.1) is 0 Å². The number of hydrogen-bond donors (Lipinski definition) is 2. The first kappa shape index (κ1) is 20.2. The summed E-state index contributed by atoms with van der Waals surface area (Å²) in [4.78, 5) is 38.7. The number of likely N-dealkylation sites (N-methyl/N-ethyl adjacent to an activating group) is 1. The summed E-state index contributed by atoms with van der Waals surface area (Å²) in [5, 5.41) is 4.59. The third kappa shape index (κ3) is 7.16. The van der Waals surface area contributed by atoms with Gasteiger partial charge in [-0.25, -0.2) is 9.59 Å². The van der Waals surface area contributed by atoms with Gasteiger partial charge in [0.1, 0.15) is 5.60 Å². The normalized spacial score (nSPS) is 18.6. The van der Waals surface area contributed by atoms with E-state index in [1.807, 2.05) is 20.8 Å². The van der Waals surface area contributed by atoms with Crippen molar-refractivity contribution in [2.24, 2.45) is 0 Å². The Balaban J connectivity index is 2.44. The van der Waals surface area contributed by atoms with E-state index in [2.05, 4.69) is 15.5 Å². The maximum atomic E-state index is 12.2. The van der Waals surface area contributed by atoms with Crippen LogP contribution >= 0.6 is 0 Å². The van der Waals surface area contributed by atoms with E-state index in [1.54, 1.807) is 11.9 Å². The smallest absolute Gasteiger partial charge is 0.410 e. The van der Waals surface area contributed by atoms with Gasteiger partial charge in [-0.3, -0.25) is 10.1 Å². The van der Waals surface area contributed by atoms with Gasteiger partial charge in [-0.15, -0.1) is 0 Å². The van der Waals surface area contributed by atoms with Crippen molar-refractivity contribution in [3.05, 3.63) is 0 Å². The number of ether oxygens (including phenoxy) is 1. The molecule has 8 nitrogen and oxygen atoms in total. The molecule has 0 aliphatic carbocycles. The topological polar surface area (TPSA) is 91.0 Å². The molecule has 1 aliphatic heterocycles. The molecule has 24 heavy (non-hydrogen) atoms. The highest BCUT2D eigenvalue weighted by Crippen LogP contribution is 2.18. The molecule has 0 aromatic carbocycles. The fraction of sp³-hybridized carbons (Fsp3) is 0.812. The molecule has 0 aromatic rings. The lowest BCUT2D eigenvalue weighted by molar-refractivity contribution is -0.120. The predicted octanol–water partition coefficient (Wildman–Crippen LogP) is 1.16. The minimum Gasteiger partial charge on any atom is -0.444 e. The number of nitrogens with one attached hydrogen (secondary N) is 2. The SMILES string of the molecule is CNC(=O)NC(=O)CCN1CCC[C@H](N(C)C(=O)OC(C)(C)C)C1. The Morgan fingerprint density at radius 3 is 2.54 bits per heavy atom. The van der Waals surface area contributed by atoms with Crippen molar-refractivity contribution < 1.29 is 19.1 Å². The Morgan fingerprint density at radius 1 is 1.29 bits per heavy atom. The lowest BCUT2D eigenvalue weighted by Crippen LogP contribution is -2.50. The molecule has 1 heterocycles. The number of imide groups is 1. The zero-order valence-corrected chi connectivity index (χ0v) is 15.3. The maximum absolute atomic E-state index is 12.2. The Kier molecular flexibility index (Phi) is 7.47. The Hall–Kier alpha value is -1.83. The second-order valence-electron chi connectivity index (χ2n) is 7.07. The third-order valence-electron chi connectivity index (χ3n) is 3.84. The first-order valence-corrected chi connectivity index (χ1v) is 8.32. The van der Waals surface area contributed by atoms with E-state index in [0.29, 0.717) is 13.1 Å². The summed E-state index contributed by atoms with van der Waals surface area (Å²) >= 11 is 0. The first-order chi connectivity index (χ1) is 11.1. The lowest BCUT2D eigenvalue weighted by atomic mass is 10.0. The summed E-state index contributed by atoms with van der Waals surface area (Å²) in [6, 6.07) is -0.434. The molecule has 4 amide bonds. The zero-order valence-electron chi connectivity index (χ0n) is 15.3. The van der Waals surface area contributed by atoms with E-state index in [9.17, 15) is 14.4 Å². The van der Waals surface area contributed by atoms with Gasteiger partial charge in [0.25, 0.3) is 0 Å². The molecule has 138 valence electrons. The van der Waals surface area contributed by atoms with Crippen molar-refractivity contribution in [1.29, 1.82) is 0 Å². The van der Waals surface area contributed by atoms with Crippen LogP contribution in [0.3, 0.4) is 0 Å². The molecule has 0 aromatic heterocycles. The fourth-order valence-electron chi connectivity index (χ4n) is 2.54. The third-order valence-corrected chi connectivity index (χ3v) is 3.84. The summed E-state index contributed by atoms with van der Waals surface area (Å²) in [6.45, 7) is 7.67. The van der Waals surface area contributed by atoms with E-state index in [-0.39, 0.29) is 24.5 Å². The van der Waals surface area contributed by atoms with Crippen molar-refractivity contribution in [3.8, 4) is 0 Å². The molecule has 0 radical (unpaired) electrons. The van der Waals surface area contributed by atoms with Crippen LogP contribution in [0.15, 0.2) is 0 Å². The quantitative estimate of drug-likeness (QED) is 0.800. The number of amides is 4. The molecular weight excluding hydrogens is 312 g/mol.